The number of rotatable bonds is 4. The molecule has 12 heteroatoms. The zero-order chi connectivity index (χ0) is 21.3. The second-order valence-electron chi connectivity index (χ2n) is 5.82. The van der Waals surface area contributed by atoms with Gasteiger partial charge in [-0.1, -0.05) is 17.7 Å². The number of nitrogens with zero attached hydrogens (tertiary/aromatic N) is 5. The lowest BCUT2D eigenvalue weighted by Crippen LogP contribution is -2.23. The lowest BCUT2D eigenvalue weighted by molar-refractivity contribution is -0.137. The largest absolute Gasteiger partial charge is 0.454 e. The van der Waals surface area contributed by atoms with E-state index in [0.717, 1.165) is 23.0 Å². The van der Waals surface area contributed by atoms with Crippen molar-refractivity contribution in [1.29, 1.82) is 0 Å². The lowest BCUT2D eigenvalue weighted by atomic mass is 10.2. The maximum Gasteiger partial charge on any atom is 0.417 e. The summed E-state index contributed by atoms with van der Waals surface area (Å²) in [7, 11) is 0. The van der Waals surface area contributed by atoms with Crippen molar-refractivity contribution in [3.63, 3.8) is 0 Å². The summed E-state index contributed by atoms with van der Waals surface area (Å²) in [6, 6.07) is 8.39. The second kappa shape index (κ2) is 7.59. The number of halogens is 4. The minimum Gasteiger partial charge on any atom is -0.454 e. The van der Waals surface area contributed by atoms with Crippen molar-refractivity contribution in [2.24, 2.45) is 0 Å². The molecule has 152 valence electrons. The first-order valence-corrected chi connectivity index (χ1v) is 8.56. The van der Waals surface area contributed by atoms with E-state index < -0.39 is 17.3 Å². The summed E-state index contributed by atoms with van der Waals surface area (Å²) < 4.78 is 49.5. The SMILES string of the molecule is O=c1c(Cl)c(Oc2cccc(-c3nnco3)c2)cnn1-c1ccc(C(F)(F)F)cn1. The molecule has 0 fully saturated rings. The Hall–Kier alpha value is -3.73. The van der Waals surface area contributed by atoms with Crippen LogP contribution in [0.5, 0.6) is 11.5 Å². The van der Waals surface area contributed by atoms with Gasteiger partial charge in [-0.2, -0.15) is 23.0 Å². The molecule has 0 unspecified atom stereocenters. The zero-order valence-corrected chi connectivity index (χ0v) is 15.4. The Balaban J connectivity index is 1.62. The molecule has 30 heavy (non-hydrogen) atoms. The summed E-state index contributed by atoms with van der Waals surface area (Å²) in [5.74, 6) is 0.417. The summed E-state index contributed by atoms with van der Waals surface area (Å²) in [6.07, 6.45) is -1.61. The van der Waals surface area contributed by atoms with E-state index in [9.17, 15) is 18.0 Å². The number of hydrogen-bond donors (Lipinski definition) is 0. The predicted molar refractivity (Wildman–Crippen MR) is 97.4 cm³/mol. The molecule has 3 heterocycles. The average Bonchev–Trinajstić information content (AvgIpc) is 3.26. The smallest absolute Gasteiger partial charge is 0.417 e. The highest BCUT2D eigenvalue weighted by atomic mass is 35.5. The first-order valence-electron chi connectivity index (χ1n) is 8.19. The Kier molecular flexibility index (Phi) is 4.96. The number of hydrogen-bond acceptors (Lipinski definition) is 7. The molecule has 0 spiro atoms. The van der Waals surface area contributed by atoms with Gasteiger partial charge in [-0.15, -0.1) is 10.2 Å². The van der Waals surface area contributed by atoms with E-state index in [1.165, 1.54) is 6.39 Å². The van der Waals surface area contributed by atoms with Crippen LogP contribution >= 0.6 is 11.6 Å². The topological polar surface area (TPSA) is 95.9 Å². The molecule has 3 aromatic heterocycles. The molecule has 0 bridgehead atoms. The fraction of sp³-hybridized carbons (Fsp3) is 0.0556. The van der Waals surface area contributed by atoms with Gasteiger partial charge in [-0.3, -0.25) is 4.79 Å². The molecule has 4 aromatic rings. The molecule has 0 saturated carbocycles. The van der Waals surface area contributed by atoms with E-state index in [4.69, 9.17) is 20.8 Å². The maximum atomic E-state index is 12.7. The third kappa shape index (κ3) is 3.87. The number of alkyl halides is 3. The van der Waals surface area contributed by atoms with Crippen LogP contribution in [0.25, 0.3) is 17.3 Å². The van der Waals surface area contributed by atoms with Crippen LogP contribution in [0.4, 0.5) is 13.2 Å². The van der Waals surface area contributed by atoms with Crippen molar-refractivity contribution in [2.75, 3.05) is 0 Å². The van der Waals surface area contributed by atoms with Gasteiger partial charge in [-0.05, 0) is 30.3 Å². The summed E-state index contributed by atoms with van der Waals surface area (Å²) in [5.41, 5.74) is -1.18. The van der Waals surface area contributed by atoms with E-state index in [1.807, 2.05) is 0 Å². The van der Waals surface area contributed by atoms with Crippen LogP contribution < -0.4 is 10.3 Å². The monoisotopic (exact) mass is 435 g/mol. The van der Waals surface area contributed by atoms with Crippen molar-refractivity contribution < 1.29 is 22.3 Å². The Morgan fingerprint density at radius 3 is 2.63 bits per heavy atom. The quantitative estimate of drug-likeness (QED) is 0.475. The molecular formula is C18H9ClF3N5O3. The first-order chi connectivity index (χ1) is 14.3. The van der Waals surface area contributed by atoms with Crippen molar-refractivity contribution in [1.82, 2.24) is 25.0 Å². The van der Waals surface area contributed by atoms with Crippen LogP contribution in [0.2, 0.25) is 5.02 Å². The summed E-state index contributed by atoms with van der Waals surface area (Å²) in [5, 5.41) is 10.9. The number of ether oxygens (including phenoxy) is 1. The van der Waals surface area contributed by atoms with E-state index in [0.29, 0.717) is 17.5 Å². The average molecular weight is 436 g/mol. The van der Waals surface area contributed by atoms with Gasteiger partial charge in [0, 0.05) is 11.8 Å². The molecule has 0 aliphatic rings. The normalized spacial score (nSPS) is 11.5. The third-order valence-electron chi connectivity index (χ3n) is 3.85. The summed E-state index contributed by atoms with van der Waals surface area (Å²) >= 11 is 6.09. The molecule has 1 aromatic carbocycles. The van der Waals surface area contributed by atoms with Crippen LogP contribution in [0.3, 0.4) is 0 Å². The Bertz CT molecular complexity index is 1240. The Morgan fingerprint density at radius 1 is 1.13 bits per heavy atom. The molecule has 4 rings (SSSR count). The van der Waals surface area contributed by atoms with E-state index in [1.54, 1.807) is 24.3 Å². The van der Waals surface area contributed by atoms with Crippen LogP contribution in [-0.4, -0.2) is 25.0 Å². The lowest BCUT2D eigenvalue weighted by Gasteiger charge is -2.10. The van der Waals surface area contributed by atoms with Crippen LogP contribution in [0.1, 0.15) is 5.56 Å². The van der Waals surface area contributed by atoms with Crippen molar-refractivity contribution in [3.8, 4) is 28.8 Å². The van der Waals surface area contributed by atoms with Gasteiger partial charge in [0.2, 0.25) is 12.3 Å². The van der Waals surface area contributed by atoms with Crippen molar-refractivity contribution in [2.45, 2.75) is 6.18 Å². The van der Waals surface area contributed by atoms with Gasteiger partial charge in [0.1, 0.15) is 5.75 Å². The summed E-state index contributed by atoms with van der Waals surface area (Å²) in [4.78, 5) is 16.1. The molecule has 8 nitrogen and oxygen atoms in total. The highest BCUT2D eigenvalue weighted by Gasteiger charge is 2.30. The molecule has 0 N–H and O–H groups in total. The highest BCUT2D eigenvalue weighted by Crippen LogP contribution is 2.30. The zero-order valence-electron chi connectivity index (χ0n) is 14.7. The first kappa shape index (κ1) is 19.6. The molecule has 0 aliphatic carbocycles. The van der Waals surface area contributed by atoms with E-state index >= 15 is 0 Å². The van der Waals surface area contributed by atoms with Gasteiger partial charge in [-0.25, -0.2) is 4.98 Å². The minimum absolute atomic E-state index is 0.0486. The van der Waals surface area contributed by atoms with E-state index in [-0.39, 0.29) is 22.5 Å². The van der Waals surface area contributed by atoms with Gasteiger partial charge in [0.15, 0.2) is 16.6 Å². The maximum absolute atomic E-state index is 12.7. The molecule has 0 aliphatic heterocycles. The number of pyridine rings is 1. The fourth-order valence-electron chi connectivity index (χ4n) is 2.45. The standard InChI is InChI=1S/C18H9ClF3N5O3/c19-15-13(30-12-3-1-2-10(6-12)16-26-24-9-29-16)8-25-27(17(15)28)14-5-4-11(7-23-14)18(20,21)22/h1-9H. The molecule has 0 saturated heterocycles. The molecule has 0 amide bonds. The van der Waals surface area contributed by atoms with Crippen LogP contribution in [0, 0.1) is 0 Å². The molecule has 0 atom stereocenters. The van der Waals surface area contributed by atoms with Crippen molar-refractivity contribution in [3.05, 3.63) is 76.1 Å². The fourth-order valence-corrected chi connectivity index (χ4v) is 2.62. The summed E-state index contributed by atoms with van der Waals surface area (Å²) in [6.45, 7) is 0. The van der Waals surface area contributed by atoms with Gasteiger partial charge < -0.3 is 9.15 Å². The van der Waals surface area contributed by atoms with Gasteiger partial charge in [0.25, 0.3) is 5.56 Å². The van der Waals surface area contributed by atoms with Crippen molar-refractivity contribution >= 4 is 11.6 Å². The van der Waals surface area contributed by atoms with Crippen LogP contribution in [0.15, 0.2) is 64.4 Å². The van der Waals surface area contributed by atoms with Crippen LogP contribution in [-0.2, 0) is 6.18 Å². The highest BCUT2D eigenvalue weighted by molar-refractivity contribution is 6.31. The Labute approximate surface area is 170 Å². The van der Waals surface area contributed by atoms with E-state index in [2.05, 4.69) is 20.3 Å². The number of benzene rings is 1. The molecular weight excluding hydrogens is 427 g/mol. The number of aromatic nitrogens is 5. The Morgan fingerprint density at radius 2 is 1.97 bits per heavy atom. The van der Waals surface area contributed by atoms with Gasteiger partial charge in [0.05, 0.1) is 11.8 Å². The van der Waals surface area contributed by atoms with Gasteiger partial charge >= 0.3 is 6.18 Å². The minimum atomic E-state index is -4.55. The predicted octanol–water partition coefficient (Wildman–Crippen LogP) is 4.14. The third-order valence-corrected chi connectivity index (χ3v) is 4.20. The second-order valence-corrected chi connectivity index (χ2v) is 6.19. The molecule has 0 radical (unpaired) electrons.